The highest BCUT2D eigenvalue weighted by Crippen LogP contribution is 2.23. The van der Waals surface area contributed by atoms with Gasteiger partial charge in [0.15, 0.2) is 5.82 Å². The molecule has 0 aliphatic rings. The van der Waals surface area contributed by atoms with Crippen molar-refractivity contribution in [3.8, 4) is 11.4 Å². The molecule has 2 aromatic rings. The fraction of sp³-hybridized carbons (Fsp3) is 0.273. The van der Waals surface area contributed by atoms with Crippen LogP contribution in [0, 0.1) is 6.92 Å². The lowest BCUT2D eigenvalue weighted by atomic mass is 10.2. The van der Waals surface area contributed by atoms with Gasteiger partial charge in [0.1, 0.15) is 5.15 Å². The maximum Gasteiger partial charge on any atom is 0.161 e. The Balaban J connectivity index is 2.55. The average Bonchev–Trinajstić information content (AvgIpc) is 2.75. The number of aryl methyl sites for hydroxylation is 1. The molecule has 0 saturated heterocycles. The van der Waals surface area contributed by atoms with Crippen LogP contribution in [-0.2, 0) is 6.42 Å². The number of hydrogen-bond donors (Lipinski definition) is 0. The van der Waals surface area contributed by atoms with Crippen molar-refractivity contribution in [3.05, 3.63) is 33.2 Å². The number of nitrogens with zero attached hydrogens (tertiary/aromatic N) is 2. The van der Waals surface area contributed by atoms with Crippen molar-refractivity contribution < 1.29 is 0 Å². The molecule has 0 N–H and O–H groups in total. The predicted molar refractivity (Wildman–Crippen MR) is 64.5 cm³/mol. The summed E-state index contributed by atoms with van der Waals surface area (Å²) >= 11 is 7.70. The summed E-state index contributed by atoms with van der Waals surface area (Å²) in [5.74, 6) is 0.726. The second-order valence-electron chi connectivity index (χ2n) is 3.28. The van der Waals surface area contributed by atoms with Crippen molar-refractivity contribution in [1.29, 1.82) is 0 Å². The molecule has 0 bridgehead atoms. The van der Waals surface area contributed by atoms with Gasteiger partial charge in [0.2, 0.25) is 0 Å². The van der Waals surface area contributed by atoms with Crippen molar-refractivity contribution in [3.63, 3.8) is 0 Å². The molecule has 0 saturated carbocycles. The highest BCUT2D eigenvalue weighted by molar-refractivity contribution is 7.08. The van der Waals surface area contributed by atoms with Gasteiger partial charge in [-0.2, -0.15) is 11.3 Å². The van der Waals surface area contributed by atoms with Gasteiger partial charge in [0, 0.05) is 22.2 Å². The van der Waals surface area contributed by atoms with E-state index in [-0.39, 0.29) is 0 Å². The SMILES string of the molecule is CCc1nc(-c2ccsc2)nc(Cl)c1C. The molecule has 2 nitrogen and oxygen atoms in total. The Morgan fingerprint density at radius 2 is 2.20 bits per heavy atom. The number of halogens is 1. The van der Waals surface area contributed by atoms with Crippen molar-refractivity contribution in [2.24, 2.45) is 0 Å². The van der Waals surface area contributed by atoms with E-state index in [9.17, 15) is 0 Å². The summed E-state index contributed by atoms with van der Waals surface area (Å²) < 4.78 is 0. The van der Waals surface area contributed by atoms with Crippen LogP contribution in [0.5, 0.6) is 0 Å². The lowest BCUT2D eigenvalue weighted by Crippen LogP contribution is -1.98. The number of aromatic nitrogens is 2. The minimum absolute atomic E-state index is 0.558. The lowest BCUT2D eigenvalue weighted by molar-refractivity contribution is 0.977. The van der Waals surface area contributed by atoms with Gasteiger partial charge in [0.05, 0.1) is 0 Å². The first-order valence-electron chi connectivity index (χ1n) is 4.78. The van der Waals surface area contributed by atoms with Crippen LogP contribution in [0.25, 0.3) is 11.4 Å². The average molecular weight is 239 g/mol. The van der Waals surface area contributed by atoms with Crippen molar-refractivity contribution in [2.75, 3.05) is 0 Å². The fourth-order valence-corrected chi connectivity index (χ4v) is 2.22. The molecule has 0 aromatic carbocycles. The zero-order valence-electron chi connectivity index (χ0n) is 8.62. The van der Waals surface area contributed by atoms with Crippen LogP contribution in [0.2, 0.25) is 5.15 Å². The molecule has 0 atom stereocenters. The van der Waals surface area contributed by atoms with Crippen LogP contribution >= 0.6 is 22.9 Å². The Hall–Kier alpha value is -0.930. The van der Waals surface area contributed by atoms with E-state index in [1.165, 1.54) is 0 Å². The van der Waals surface area contributed by atoms with Crippen LogP contribution in [0.4, 0.5) is 0 Å². The summed E-state index contributed by atoms with van der Waals surface area (Å²) in [6.07, 6.45) is 0.880. The molecule has 0 aliphatic heterocycles. The van der Waals surface area contributed by atoms with Gasteiger partial charge in [-0.1, -0.05) is 18.5 Å². The van der Waals surface area contributed by atoms with E-state index in [0.717, 1.165) is 29.1 Å². The molecule has 78 valence electrons. The highest BCUT2D eigenvalue weighted by Gasteiger charge is 2.09. The molecule has 2 rings (SSSR count). The maximum atomic E-state index is 6.07. The molecular weight excluding hydrogens is 228 g/mol. The molecule has 15 heavy (non-hydrogen) atoms. The van der Waals surface area contributed by atoms with Crippen LogP contribution in [0.1, 0.15) is 18.2 Å². The van der Waals surface area contributed by atoms with Gasteiger partial charge in [0.25, 0.3) is 0 Å². The normalized spacial score (nSPS) is 10.6. The highest BCUT2D eigenvalue weighted by atomic mass is 35.5. The van der Waals surface area contributed by atoms with Gasteiger partial charge >= 0.3 is 0 Å². The van der Waals surface area contributed by atoms with E-state index in [1.807, 2.05) is 23.8 Å². The topological polar surface area (TPSA) is 25.8 Å². The molecule has 0 unspecified atom stereocenters. The minimum Gasteiger partial charge on any atom is -0.233 e. The third-order valence-corrected chi connectivity index (χ3v) is 3.35. The van der Waals surface area contributed by atoms with E-state index in [1.54, 1.807) is 11.3 Å². The Kier molecular flexibility index (Phi) is 3.03. The largest absolute Gasteiger partial charge is 0.233 e. The van der Waals surface area contributed by atoms with Crippen LogP contribution < -0.4 is 0 Å². The monoisotopic (exact) mass is 238 g/mol. The standard InChI is InChI=1S/C11H11ClN2S/c1-3-9-7(2)10(12)14-11(13-9)8-4-5-15-6-8/h4-6H,3H2,1-2H3. The van der Waals surface area contributed by atoms with E-state index in [2.05, 4.69) is 16.9 Å². The van der Waals surface area contributed by atoms with Crippen molar-refractivity contribution in [1.82, 2.24) is 9.97 Å². The second kappa shape index (κ2) is 4.29. The first kappa shape index (κ1) is 10.6. The van der Waals surface area contributed by atoms with E-state index < -0.39 is 0 Å². The quantitative estimate of drug-likeness (QED) is 0.745. The maximum absolute atomic E-state index is 6.07. The van der Waals surface area contributed by atoms with Crippen molar-refractivity contribution >= 4 is 22.9 Å². The van der Waals surface area contributed by atoms with Gasteiger partial charge in [-0.3, -0.25) is 0 Å². The Morgan fingerprint density at radius 3 is 2.80 bits per heavy atom. The summed E-state index contributed by atoms with van der Waals surface area (Å²) in [6, 6.07) is 2.01. The summed E-state index contributed by atoms with van der Waals surface area (Å²) in [5, 5.41) is 4.60. The Labute approximate surface area is 98.0 Å². The van der Waals surface area contributed by atoms with Gasteiger partial charge in [-0.15, -0.1) is 0 Å². The molecule has 0 aliphatic carbocycles. The molecular formula is C11H11ClN2S. The summed E-state index contributed by atoms with van der Waals surface area (Å²) in [7, 11) is 0. The first-order chi connectivity index (χ1) is 7.22. The van der Waals surface area contributed by atoms with E-state index in [0.29, 0.717) is 5.15 Å². The molecule has 0 spiro atoms. The zero-order valence-corrected chi connectivity index (χ0v) is 10.2. The zero-order chi connectivity index (χ0) is 10.8. The first-order valence-corrected chi connectivity index (χ1v) is 6.10. The second-order valence-corrected chi connectivity index (χ2v) is 4.41. The van der Waals surface area contributed by atoms with E-state index in [4.69, 9.17) is 11.6 Å². The summed E-state index contributed by atoms with van der Waals surface area (Å²) in [4.78, 5) is 8.79. The van der Waals surface area contributed by atoms with Gasteiger partial charge in [-0.05, 0) is 24.8 Å². The molecule has 0 amide bonds. The van der Waals surface area contributed by atoms with Crippen LogP contribution in [0.3, 0.4) is 0 Å². The molecule has 4 heteroatoms. The molecule has 2 aromatic heterocycles. The third kappa shape index (κ3) is 2.03. The fourth-order valence-electron chi connectivity index (χ4n) is 1.40. The van der Waals surface area contributed by atoms with Crippen LogP contribution in [0.15, 0.2) is 16.8 Å². The molecule has 2 heterocycles. The predicted octanol–water partition coefficient (Wildman–Crippen LogP) is 3.73. The van der Waals surface area contributed by atoms with Crippen LogP contribution in [-0.4, -0.2) is 9.97 Å². The number of hydrogen-bond acceptors (Lipinski definition) is 3. The van der Waals surface area contributed by atoms with E-state index >= 15 is 0 Å². The Bertz CT molecular complexity index is 466. The number of rotatable bonds is 2. The van der Waals surface area contributed by atoms with Crippen molar-refractivity contribution in [2.45, 2.75) is 20.3 Å². The van der Waals surface area contributed by atoms with Gasteiger partial charge in [-0.25, -0.2) is 9.97 Å². The third-order valence-electron chi connectivity index (χ3n) is 2.30. The smallest absolute Gasteiger partial charge is 0.161 e. The number of thiophene rings is 1. The summed E-state index contributed by atoms with van der Waals surface area (Å²) in [5.41, 5.74) is 3.05. The minimum atomic E-state index is 0.558. The Morgan fingerprint density at radius 1 is 1.40 bits per heavy atom. The molecule has 0 fully saturated rings. The van der Waals surface area contributed by atoms with Gasteiger partial charge < -0.3 is 0 Å². The lowest BCUT2D eigenvalue weighted by Gasteiger charge is -2.06. The molecule has 0 radical (unpaired) electrons. The summed E-state index contributed by atoms with van der Waals surface area (Å²) in [6.45, 7) is 4.03.